The topological polar surface area (TPSA) is 21.3 Å². The van der Waals surface area contributed by atoms with E-state index >= 15 is 0 Å². The third-order valence-corrected chi connectivity index (χ3v) is 15.2. The molecule has 2 aromatic heterocycles. The lowest BCUT2D eigenvalue weighted by Crippen LogP contribution is -2.26. The summed E-state index contributed by atoms with van der Waals surface area (Å²) in [7, 11) is 0. The Balaban J connectivity index is 0.971. The molecule has 0 bridgehead atoms. The third-order valence-electron chi connectivity index (χ3n) is 15.2. The Kier molecular flexibility index (Phi) is 8.28. The van der Waals surface area contributed by atoms with Crippen LogP contribution < -0.4 is 4.90 Å². The van der Waals surface area contributed by atoms with E-state index in [4.69, 9.17) is 4.42 Å². The molecule has 0 aliphatic heterocycles. The van der Waals surface area contributed by atoms with Gasteiger partial charge >= 0.3 is 0 Å². The molecule has 11 aromatic carbocycles. The molecular formula is C67H42N2O. The van der Waals surface area contributed by atoms with Crippen LogP contribution in [0.3, 0.4) is 0 Å². The molecule has 0 fully saturated rings. The smallest absolute Gasteiger partial charge is 0.136 e. The molecule has 1 unspecified atom stereocenters. The highest BCUT2D eigenvalue weighted by molar-refractivity contribution is 6.16. The van der Waals surface area contributed by atoms with Gasteiger partial charge in [-0.05, 0) is 146 Å². The molecule has 326 valence electrons. The van der Waals surface area contributed by atoms with Gasteiger partial charge in [-0.3, -0.25) is 0 Å². The number of para-hydroxylation sites is 2. The molecule has 3 heteroatoms. The Hall–Kier alpha value is -9.18. The van der Waals surface area contributed by atoms with Crippen molar-refractivity contribution >= 4 is 60.8 Å². The van der Waals surface area contributed by atoms with Crippen LogP contribution in [0.5, 0.6) is 0 Å². The second kappa shape index (κ2) is 14.9. The molecule has 3 nitrogen and oxygen atoms in total. The molecule has 1 atom stereocenters. The molecule has 2 aliphatic rings. The first-order valence-corrected chi connectivity index (χ1v) is 24.2. The highest BCUT2D eigenvalue weighted by atomic mass is 16.3. The van der Waals surface area contributed by atoms with Gasteiger partial charge in [0, 0.05) is 44.3 Å². The molecule has 15 rings (SSSR count). The zero-order valence-corrected chi connectivity index (χ0v) is 38.1. The maximum absolute atomic E-state index is 6.56. The van der Waals surface area contributed by atoms with Gasteiger partial charge in [-0.25, -0.2) is 0 Å². The van der Waals surface area contributed by atoms with Crippen LogP contribution in [0.25, 0.3) is 93.9 Å². The number of nitrogens with zero attached hydrogens (tertiary/aromatic N) is 2. The maximum atomic E-state index is 6.56. The van der Waals surface area contributed by atoms with Crippen LogP contribution in [0.1, 0.15) is 22.3 Å². The number of hydrogen-bond acceptors (Lipinski definition) is 2. The fourth-order valence-electron chi connectivity index (χ4n) is 12.3. The molecule has 1 spiro atoms. The average Bonchev–Trinajstić information content (AvgIpc) is 4.15. The molecule has 0 saturated heterocycles. The number of rotatable bonds is 6. The number of benzene rings is 11. The van der Waals surface area contributed by atoms with Gasteiger partial charge in [-0.2, -0.15) is 0 Å². The van der Waals surface area contributed by atoms with Crippen LogP contribution in [-0.4, -0.2) is 4.57 Å². The monoisotopic (exact) mass is 890 g/mol. The first-order valence-electron chi connectivity index (χ1n) is 24.2. The summed E-state index contributed by atoms with van der Waals surface area (Å²) in [6, 6.07) is 93.5. The minimum absolute atomic E-state index is 0.543. The third kappa shape index (κ3) is 5.46. The van der Waals surface area contributed by atoms with Crippen LogP contribution in [0, 0.1) is 0 Å². The summed E-state index contributed by atoms with van der Waals surface area (Å²) >= 11 is 0. The van der Waals surface area contributed by atoms with Crippen LogP contribution in [0.4, 0.5) is 17.1 Å². The first kappa shape index (κ1) is 38.9. The second-order valence-electron chi connectivity index (χ2n) is 18.7. The molecule has 2 heterocycles. The van der Waals surface area contributed by atoms with Crippen molar-refractivity contribution in [3.63, 3.8) is 0 Å². The summed E-state index contributed by atoms with van der Waals surface area (Å²) < 4.78 is 9.05. The number of furan rings is 1. The number of anilines is 3. The van der Waals surface area contributed by atoms with E-state index in [-0.39, 0.29) is 0 Å². The van der Waals surface area contributed by atoms with Crippen molar-refractivity contribution in [1.29, 1.82) is 0 Å². The quantitative estimate of drug-likeness (QED) is 0.166. The van der Waals surface area contributed by atoms with Gasteiger partial charge in [-0.15, -0.1) is 0 Å². The second-order valence-corrected chi connectivity index (χ2v) is 18.7. The van der Waals surface area contributed by atoms with Crippen molar-refractivity contribution in [2.75, 3.05) is 4.90 Å². The van der Waals surface area contributed by atoms with Crippen molar-refractivity contribution < 1.29 is 4.42 Å². The molecule has 70 heavy (non-hydrogen) atoms. The van der Waals surface area contributed by atoms with Crippen molar-refractivity contribution in [3.05, 3.63) is 277 Å². The summed E-state index contributed by atoms with van der Waals surface area (Å²) in [4.78, 5) is 2.38. The van der Waals surface area contributed by atoms with Gasteiger partial charge in [0.05, 0.1) is 16.4 Å². The largest absolute Gasteiger partial charge is 0.456 e. The Morgan fingerprint density at radius 3 is 1.66 bits per heavy atom. The number of hydrogen-bond donors (Lipinski definition) is 0. The summed E-state index contributed by atoms with van der Waals surface area (Å²) in [6.45, 7) is 0. The highest BCUT2D eigenvalue weighted by Gasteiger charge is 2.52. The average molecular weight is 891 g/mol. The SMILES string of the molecule is c1ccc(-c2ccc(N(c3ccccc3)c3ccc4c(c3)c3cc(-c5ccccc5)ccc3n4-c3ccc4c(c3)C3(c5ccccc5-4)c4ccccc4-c4c3ccc3oc5ccccc5c43)cc2)cc1. The van der Waals surface area contributed by atoms with Crippen LogP contribution in [0.15, 0.2) is 259 Å². The van der Waals surface area contributed by atoms with Gasteiger partial charge in [0.2, 0.25) is 0 Å². The first-order chi connectivity index (χ1) is 34.7. The fraction of sp³-hybridized carbons (Fsp3) is 0.0149. The molecule has 2 aliphatic carbocycles. The van der Waals surface area contributed by atoms with Crippen molar-refractivity contribution in [1.82, 2.24) is 4.57 Å². The number of fused-ring (bicyclic) bond motifs is 17. The molecule has 0 radical (unpaired) electrons. The van der Waals surface area contributed by atoms with Gasteiger partial charge in [0.15, 0.2) is 0 Å². The normalized spacial score (nSPS) is 14.3. The lowest BCUT2D eigenvalue weighted by atomic mass is 9.70. The van der Waals surface area contributed by atoms with Crippen molar-refractivity contribution in [2.24, 2.45) is 0 Å². The Labute approximate surface area is 405 Å². The van der Waals surface area contributed by atoms with Gasteiger partial charge in [0.25, 0.3) is 0 Å². The minimum atomic E-state index is -0.543. The van der Waals surface area contributed by atoms with Gasteiger partial charge < -0.3 is 13.9 Å². The van der Waals surface area contributed by atoms with E-state index in [9.17, 15) is 0 Å². The molecular weight excluding hydrogens is 849 g/mol. The molecule has 13 aromatic rings. The Morgan fingerprint density at radius 1 is 0.329 bits per heavy atom. The minimum Gasteiger partial charge on any atom is -0.456 e. The van der Waals surface area contributed by atoms with Crippen molar-refractivity contribution in [3.8, 4) is 50.2 Å². The zero-order chi connectivity index (χ0) is 45.9. The molecule has 0 amide bonds. The van der Waals surface area contributed by atoms with E-state index in [2.05, 4.69) is 264 Å². The van der Waals surface area contributed by atoms with Crippen molar-refractivity contribution in [2.45, 2.75) is 5.41 Å². The Morgan fingerprint density at radius 2 is 0.886 bits per heavy atom. The fourth-order valence-corrected chi connectivity index (χ4v) is 12.3. The summed E-state index contributed by atoms with van der Waals surface area (Å²) in [5, 5.41) is 4.73. The standard InChI is InChI=1S/C67H42N2O/c1-4-16-43(17-5-1)45-28-31-48(32-29-45)68(47-20-8-3-9-21-47)49-34-38-62-56(41-49)55-40-46(44-18-6-2-7-19-44)30-37-61(55)69(62)50-33-35-52-51-22-10-13-25-57(51)67(60(52)42-50)58-26-14-11-23-53(58)65-59(67)36-39-64-66(65)54-24-12-15-27-63(54)70-64/h1-42H. The van der Waals surface area contributed by atoms with E-state index in [1.165, 1.54) is 82.9 Å². The highest BCUT2D eigenvalue weighted by Crippen LogP contribution is 2.64. The van der Waals surface area contributed by atoms with E-state index in [0.717, 1.165) is 50.3 Å². The number of aromatic nitrogens is 1. The van der Waals surface area contributed by atoms with Crippen LogP contribution in [-0.2, 0) is 5.41 Å². The van der Waals surface area contributed by atoms with Crippen LogP contribution in [0.2, 0.25) is 0 Å². The van der Waals surface area contributed by atoms with E-state index in [0.29, 0.717) is 0 Å². The molecule has 0 saturated carbocycles. The van der Waals surface area contributed by atoms with E-state index in [1.54, 1.807) is 0 Å². The maximum Gasteiger partial charge on any atom is 0.136 e. The summed E-state index contributed by atoms with van der Waals surface area (Å²) in [5.41, 5.74) is 23.1. The zero-order valence-electron chi connectivity index (χ0n) is 38.1. The van der Waals surface area contributed by atoms with E-state index in [1.807, 2.05) is 0 Å². The summed E-state index contributed by atoms with van der Waals surface area (Å²) in [6.07, 6.45) is 0. The van der Waals surface area contributed by atoms with E-state index < -0.39 is 5.41 Å². The Bertz CT molecular complexity index is 4220. The van der Waals surface area contributed by atoms with Gasteiger partial charge in [0.1, 0.15) is 11.2 Å². The van der Waals surface area contributed by atoms with Gasteiger partial charge in [-0.1, -0.05) is 176 Å². The lowest BCUT2D eigenvalue weighted by molar-refractivity contribution is 0.668. The lowest BCUT2D eigenvalue weighted by Gasteiger charge is -2.30. The summed E-state index contributed by atoms with van der Waals surface area (Å²) in [5.74, 6) is 0. The molecule has 0 N–H and O–H groups in total. The van der Waals surface area contributed by atoms with Crippen LogP contribution >= 0.6 is 0 Å². The predicted molar refractivity (Wildman–Crippen MR) is 290 cm³/mol. The predicted octanol–water partition coefficient (Wildman–Crippen LogP) is 17.8.